The maximum Gasteiger partial charge on any atom is 0.296 e. The van der Waals surface area contributed by atoms with Gasteiger partial charge >= 0.3 is 0 Å². The summed E-state index contributed by atoms with van der Waals surface area (Å²) in [6.07, 6.45) is 4.49. The van der Waals surface area contributed by atoms with Crippen LogP contribution in [0.1, 0.15) is 54.7 Å². The summed E-state index contributed by atoms with van der Waals surface area (Å²) < 4.78 is 31.2. The molecule has 0 spiro atoms. The van der Waals surface area contributed by atoms with Crippen LogP contribution in [0.15, 0.2) is 64.8 Å². The van der Waals surface area contributed by atoms with Gasteiger partial charge in [-0.3, -0.25) is 9.59 Å². The third-order valence-corrected chi connectivity index (χ3v) is 6.40. The highest BCUT2D eigenvalue weighted by molar-refractivity contribution is 6.46. The van der Waals surface area contributed by atoms with Gasteiger partial charge in [-0.1, -0.05) is 38.0 Å². The standard InChI is InChI=1S/C29H30FNO6/c1-4-5-6-13-37-23-12-11-19(16-24(23)35-3)26-25(27(32)20-10-9-18(2)22(30)15-20)28(33)29(34)31(26)17-21-8-7-14-36-21/h7-12,14-16,26,32H,4-6,13,17H2,1-3H3. The largest absolute Gasteiger partial charge is 0.507 e. The minimum Gasteiger partial charge on any atom is -0.507 e. The van der Waals surface area contributed by atoms with E-state index in [1.165, 1.54) is 30.4 Å². The Balaban J connectivity index is 1.80. The molecule has 1 fully saturated rings. The molecule has 8 heteroatoms. The lowest BCUT2D eigenvalue weighted by Crippen LogP contribution is -2.29. The molecule has 1 aliphatic rings. The van der Waals surface area contributed by atoms with Crippen LogP contribution in [0, 0.1) is 12.7 Å². The number of Topliss-reactive ketones (excluding diaryl/α,β-unsaturated/α-hetero) is 1. The number of halogens is 1. The summed E-state index contributed by atoms with van der Waals surface area (Å²) in [5.74, 6) is -1.22. The molecule has 1 aliphatic heterocycles. The number of aryl methyl sites for hydroxylation is 1. The van der Waals surface area contributed by atoms with Crippen LogP contribution in [0.5, 0.6) is 11.5 Å². The molecule has 194 valence electrons. The number of ether oxygens (including phenoxy) is 2. The lowest BCUT2D eigenvalue weighted by molar-refractivity contribution is -0.140. The van der Waals surface area contributed by atoms with Gasteiger partial charge < -0.3 is 23.9 Å². The van der Waals surface area contributed by atoms with Crippen LogP contribution in [0.2, 0.25) is 0 Å². The number of amides is 1. The molecule has 1 aromatic heterocycles. The van der Waals surface area contributed by atoms with E-state index in [4.69, 9.17) is 13.9 Å². The third kappa shape index (κ3) is 5.38. The molecular weight excluding hydrogens is 477 g/mol. The fourth-order valence-electron chi connectivity index (χ4n) is 4.36. The van der Waals surface area contributed by atoms with Crippen molar-refractivity contribution in [3.05, 3.63) is 88.6 Å². The molecule has 4 rings (SSSR count). The van der Waals surface area contributed by atoms with E-state index in [0.29, 0.717) is 35.0 Å². The molecule has 2 heterocycles. The third-order valence-electron chi connectivity index (χ3n) is 6.40. The van der Waals surface area contributed by atoms with Crippen LogP contribution >= 0.6 is 0 Å². The molecule has 1 unspecified atom stereocenters. The SMILES string of the molecule is CCCCCOc1ccc(C2C(=C(O)c3ccc(C)c(F)c3)C(=O)C(=O)N2Cc2ccco2)cc1OC. The van der Waals surface area contributed by atoms with Gasteiger partial charge in [-0.25, -0.2) is 4.39 Å². The molecule has 0 radical (unpaired) electrons. The van der Waals surface area contributed by atoms with E-state index >= 15 is 0 Å². The number of likely N-dealkylation sites (tertiary alicyclic amines) is 1. The van der Waals surface area contributed by atoms with Crippen molar-refractivity contribution in [2.24, 2.45) is 0 Å². The molecule has 37 heavy (non-hydrogen) atoms. The average molecular weight is 508 g/mol. The van der Waals surface area contributed by atoms with Crippen LogP contribution in [0.3, 0.4) is 0 Å². The Morgan fingerprint density at radius 2 is 1.92 bits per heavy atom. The summed E-state index contributed by atoms with van der Waals surface area (Å²) in [6.45, 7) is 4.23. The number of aliphatic hydroxyl groups excluding tert-OH is 1. The molecule has 3 aromatic rings. The number of hydrogen-bond donors (Lipinski definition) is 1. The average Bonchev–Trinajstić information content (AvgIpc) is 3.50. The van der Waals surface area contributed by atoms with Crippen molar-refractivity contribution >= 4 is 17.4 Å². The first-order valence-electron chi connectivity index (χ1n) is 12.2. The predicted molar refractivity (Wildman–Crippen MR) is 136 cm³/mol. The number of rotatable bonds is 10. The van der Waals surface area contributed by atoms with E-state index in [2.05, 4.69) is 6.92 Å². The maximum atomic E-state index is 14.3. The zero-order valence-electron chi connectivity index (χ0n) is 21.1. The summed E-state index contributed by atoms with van der Waals surface area (Å²) in [5.41, 5.74) is 0.883. The Kier molecular flexibility index (Phi) is 7.96. The molecule has 1 atom stereocenters. The summed E-state index contributed by atoms with van der Waals surface area (Å²) in [5, 5.41) is 11.2. The first-order valence-corrected chi connectivity index (χ1v) is 12.2. The number of methoxy groups -OCH3 is 1. The second-order valence-corrected chi connectivity index (χ2v) is 8.94. The molecular formula is C29H30FNO6. The molecule has 7 nitrogen and oxygen atoms in total. The minimum absolute atomic E-state index is 0.00113. The monoisotopic (exact) mass is 507 g/mol. The highest BCUT2D eigenvalue weighted by atomic mass is 19.1. The number of nitrogens with zero attached hydrogens (tertiary/aromatic N) is 1. The number of ketones is 1. The summed E-state index contributed by atoms with van der Waals surface area (Å²) in [4.78, 5) is 27.7. The molecule has 2 aromatic carbocycles. The van der Waals surface area contributed by atoms with Crippen LogP contribution in [-0.2, 0) is 16.1 Å². The van der Waals surface area contributed by atoms with E-state index in [-0.39, 0.29) is 17.7 Å². The van der Waals surface area contributed by atoms with Crippen LogP contribution in [0.25, 0.3) is 5.76 Å². The molecule has 1 N–H and O–H groups in total. The Bertz CT molecular complexity index is 1310. The van der Waals surface area contributed by atoms with Crippen molar-refractivity contribution in [1.82, 2.24) is 4.90 Å². The summed E-state index contributed by atoms with van der Waals surface area (Å²) >= 11 is 0. The Morgan fingerprint density at radius 1 is 1.11 bits per heavy atom. The molecule has 1 amide bonds. The van der Waals surface area contributed by atoms with E-state index in [1.807, 2.05) is 0 Å². The van der Waals surface area contributed by atoms with Gasteiger partial charge in [-0.05, 0) is 54.8 Å². The van der Waals surface area contributed by atoms with E-state index in [0.717, 1.165) is 25.3 Å². The molecule has 0 bridgehead atoms. The van der Waals surface area contributed by atoms with Gasteiger partial charge in [0.1, 0.15) is 17.3 Å². The Hall–Kier alpha value is -4.07. The lowest BCUT2D eigenvalue weighted by atomic mass is 9.94. The second-order valence-electron chi connectivity index (χ2n) is 8.94. The first kappa shape index (κ1) is 26.0. The van der Waals surface area contributed by atoms with Crippen molar-refractivity contribution in [3.8, 4) is 11.5 Å². The highest BCUT2D eigenvalue weighted by Gasteiger charge is 2.46. The second kappa shape index (κ2) is 11.3. The van der Waals surface area contributed by atoms with Gasteiger partial charge in [-0.15, -0.1) is 0 Å². The number of benzene rings is 2. The summed E-state index contributed by atoms with van der Waals surface area (Å²) in [6, 6.07) is 11.7. The van der Waals surface area contributed by atoms with Crippen LogP contribution in [-0.4, -0.2) is 35.4 Å². The Labute approximate surface area is 215 Å². The molecule has 0 aliphatic carbocycles. The topological polar surface area (TPSA) is 89.2 Å². The minimum atomic E-state index is -0.961. The summed E-state index contributed by atoms with van der Waals surface area (Å²) in [7, 11) is 1.51. The van der Waals surface area contributed by atoms with Gasteiger partial charge in [0.05, 0.1) is 38.1 Å². The van der Waals surface area contributed by atoms with Gasteiger partial charge in [0, 0.05) is 5.56 Å². The van der Waals surface area contributed by atoms with Gasteiger partial charge in [0.2, 0.25) is 0 Å². The van der Waals surface area contributed by atoms with Crippen molar-refractivity contribution < 1.29 is 33.0 Å². The zero-order valence-corrected chi connectivity index (χ0v) is 21.1. The van der Waals surface area contributed by atoms with Crippen molar-refractivity contribution in [3.63, 3.8) is 0 Å². The predicted octanol–water partition coefficient (Wildman–Crippen LogP) is 5.93. The number of aliphatic hydroxyl groups is 1. The van der Waals surface area contributed by atoms with Crippen molar-refractivity contribution in [1.29, 1.82) is 0 Å². The smallest absolute Gasteiger partial charge is 0.296 e. The number of carbonyl (C=O) groups is 2. The number of unbranched alkanes of at least 4 members (excludes halogenated alkanes) is 2. The van der Waals surface area contributed by atoms with E-state index in [1.54, 1.807) is 37.3 Å². The lowest BCUT2D eigenvalue weighted by Gasteiger charge is -2.25. The molecule has 0 saturated carbocycles. The highest BCUT2D eigenvalue weighted by Crippen LogP contribution is 2.42. The van der Waals surface area contributed by atoms with E-state index in [9.17, 15) is 19.1 Å². The Morgan fingerprint density at radius 3 is 2.59 bits per heavy atom. The zero-order chi connectivity index (χ0) is 26.5. The van der Waals surface area contributed by atoms with E-state index < -0.39 is 29.3 Å². The normalized spacial score (nSPS) is 16.9. The molecule has 1 saturated heterocycles. The number of hydrogen-bond acceptors (Lipinski definition) is 6. The van der Waals surface area contributed by atoms with Gasteiger partial charge in [-0.2, -0.15) is 0 Å². The number of furan rings is 1. The fourth-order valence-corrected chi connectivity index (χ4v) is 4.36. The van der Waals surface area contributed by atoms with Gasteiger partial charge in [0.25, 0.3) is 11.7 Å². The first-order chi connectivity index (χ1) is 17.8. The number of carbonyl (C=O) groups excluding carboxylic acids is 2. The van der Waals surface area contributed by atoms with Crippen LogP contribution < -0.4 is 9.47 Å². The van der Waals surface area contributed by atoms with Crippen LogP contribution in [0.4, 0.5) is 4.39 Å². The maximum absolute atomic E-state index is 14.3. The fraction of sp³-hybridized carbons (Fsp3) is 0.310. The quantitative estimate of drug-likeness (QED) is 0.158. The van der Waals surface area contributed by atoms with Gasteiger partial charge in [0.15, 0.2) is 11.5 Å². The van der Waals surface area contributed by atoms with Crippen molar-refractivity contribution in [2.75, 3.05) is 13.7 Å². The van der Waals surface area contributed by atoms with Crippen molar-refractivity contribution in [2.45, 2.75) is 45.7 Å².